The molecule has 1 heterocycles. The van der Waals surface area contributed by atoms with Crippen LogP contribution in [-0.2, 0) is 9.53 Å². The Morgan fingerprint density at radius 3 is 2.63 bits per heavy atom. The molecule has 0 bridgehead atoms. The summed E-state index contributed by atoms with van der Waals surface area (Å²) in [6.07, 6.45) is 5.81. The minimum Gasteiger partial charge on any atom is -0.391 e. The fourth-order valence-corrected chi connectivity index (χ4v) is 2.65. The minimum absolute atomic E-state index is 0. The van der Waals surface area contributed by atoms with Crippen molar-refractivity contribution in [1.82, 2.24) is 10.6 Å². The van der Waals surface area contributed by atoms with Gasteiger partial charge in [0.25, 0.3) is 0 Å². The number of nitrogens with one attached hydrogen (secondary N) is 2. The van der Waals surface area contributed by atoms with E-state index in [-0.39, 0.29) is 43.0 Å². The van der Waals surface area contributed by atoms with Crippen LogP contribution in [0.5, 0.6) is 0 Å². The van der Waals surface area contributed by atoms with Crippen LogP contribution >= 0.6 is 12.4 Å². The Balaban J connectivity index is 0.00000180. The molecule has 6 heteroatoms. The summed E-state index contributed by atoms with van der Waals surface area (Å²) >= 11 is 0. The van der Waals surface area contributed by atoms with E-state index in [0.717, 1.165) is 19.4 Å². The molecule has 19 heavy (non-hydrogen) atoms. The Bertz CT molecular complexity index is 273. The molecule has 0 aromatic carbocycles. The highest BCUT2D eigenvalue weighted by Gasteiger charge is 2.25. The van der Waals surface area contributed by atoms with Gasteiger partial charge in [0, 0.05) is 25.6 Å². The van der Waals surface area contributed by atoms with E-state index in [1.165, 1.54) is 19.3 Å². The summed E-state index contributed by atoms with van der Waals surface area (Å²) in [5.41, 5.74) is 0. The number of amides is 1. The van der Waals surface area contributed by atoms with E-state index in [2.05, 4.69) is 10.6 Å². The van der Waals surface area contributed by atoms with E-state index < -0.39 is 0 Å². The molecule has 1 amide bonds. The lowest BCUT2D eigenvalue weighted by Crippen LogP contribution is -2.37. The highest BCUT2D eigenvalue weighted by Crippen LogP contribution is 2.19. The molecule has 1 aliphatic carbocycles. The molecule has 3 N–H and O–H groups in total. The van der Waals surface area contributed by atoms with Crippen molar-refractivity contribution in [1.29, 1.82) is 0 Å². The first kappa shape index (κ1) is 16.7. The van der Waals surface area contributed by atoms with Crippen molar-refractivity contribution in [3.63, 3.8) is 0 Å². The second kappa shape index (κ2) is 8.74. The molecule has 2 fully saturated rings. The van der Waals surface area contributed by atoms with Crippen molar-refractivity contribution in [2.24, 2.45) is 5.92 Å². The number of hydrogen-bond acceptors (Lipinski definition) is 4. The van der Waals surface area contributed by atoms with Crippen LogP contribution in [0.4, 0.5) is 0 Å². The van der Waals surface area contributed by atoms with Crippen LogP contribution in [0.2, 0.25) is 0 Å². The molecule has 1 saturated heterocycles. The molecule has 1 aliphatic heterocycles. The van der Waals surface area contributed by atoms with Crippen LogP contribution in [0, 0.1) is 5.92 Å². The number of carbonyl (C=O) groups is 1. The lowest BCUT2D eigenvalue weighted by molar-refractivity contribution is -0.128. The zero-order valence-electron chi connectivity index (χ0n) is 11.3. The van der Waals surface area contributed by atoms with E-state index in [1.54, 1.807) is 0 Å². The normalized spacial score (nSPS) is 27.8. The Morgan fingerprint density at radius 2 is 2.00 bits per heavy atom. The number of aliphatic hydroxyl groups is 1. The van der Waals surface area contributed by atoms with Gasteiger partial charge in [-0.1, -0.05) is 19.3 Å². The summed E-state index contributed by atoms with van der Waals surface area (Å²) in [7, 11) is 0. The van der Waals surface area contributed by atoms with E-state index in [9.17, 15) is 9.90 Å². The van der Waals surface area contributed by atoms with Gasteiger partial charge in [0.05, 0.1) is 12.2 Å². The van der Waals surface area contributed by atoms with E-state index in [0.29, 0.717) is 13.1 Å². The zero-order chi connectivity index (χ0) is 12.8. The smallest absolute Gasteiger partial charge is 0.246 e. The van der Waals surface area contributed by atoms with Crippen molar-refractivity contribution in [2.45, 2.75) is 44.3 Å². The quantitative estimate of drug-likeness (QED) is 0.688. The third-order valence-corrected chi connectivity index (χ3v) is 3.87. The molecule has 2 aliphatic rings. The number of ether oxygens (including phenoxy) is 1. The summed E-state index contributed by atoms with van der Waals surface area (Å²) in [6.45, 7) is 2.08. The molecule has 0 aromatic heterocycles. The Kier molecular flexibility index (Phi) is 7.68. The van der Waals surface area contributed by atoms with Crippen LogP contribution < -0.4 is 10.6 Å². The van der Waals surface area contributed by atoms with Crippen molar-refractivity contribution >= 4 is 18.3 Å². The maximum absolute atomic E-state index is 11.6. The number of halogens is 1. The molecule has 2 unspecified atom stereocenters. The molecular weight excluding hydrogens is 268 g/mol. The molecule has 0 spiro atoms. The van der Waals surface area contributed by atoms with Gasteiger partial charge in [-0.05, 0) is 12.8 Å². The first-order chi connectivity index (χ1) is 8.75. The summed E-state index contributed by atoms with van der Waals surface area (Å²) in [5, 5.41) is 15.5. The number of carbonyl (C=O) groups excluding carboxylic acids is 1. The summed E-state index contributed by atoms with van der Waals surface area (Å²) in [6, 6.07) is 0. The van der Waals surface area contributed by atoms with Crippen LogP contribution in [0.25, 0.3) is 0 Å². The summed E-state index contributed by atoms with van der Waals surface area (Å²) in [5.74, 6) is 0.0586. The van der Waals surface area contributed by atoms with Crippen LogP contribution in [-0.4, -0.2) is 49.5 Å². The predicted molar refractivity (Wildman–Crippen MR) is 75.4 cm³/mol. The third-order valence-electron chi connectivity index (χ3n) is 3.87. The minimum atomic E-state index is -0.343. The van der Waals surface area contributed by atoms with Crippen LogP contribution in [0.3, 0.4) is 0 Å². The number of hydrogen-bond donors (Lipinski definition) is 3. The SMILES string of the molecule is Cl.O=C(COC1CCCCC1)NCC1CNCC1O. The topological polar surface area (TPSA) is 70.6 Å². The first-order valence-corrected chi connectivity index (χ1v) is 7.03. The fraction of sp³-hybridized carbons (Fsp3) is 0.923. The molecule has 0 radical (unpaired) electrons. The molecule has 2 rings (SSSR count). The van der Waals surface area contributed by atoms with Gasteiger partial charge in [-0.25, -0.2) is 0 Å². The van der Waals surface area contributed by atoms with E-state index in [1.807, 2.05) is 0 Å². The van der Waals surface area contributed by atoms with Crippen molar-refractivity contribution < 1.29 is 14.6 Å². The summed E-state index contributed by atoms with van der Waals surface area (Å²) in [4.78, 5) is 11.6. The van der Waals surface area contributed by atoms with Crippen molar-refractivity contribution in [3.8, 4) is 0 Å². The van der Waals surface area contributed by atoms with Gasteiger partial charge in [-0.15, -0.1) is 12.4 Å². The Labute approximate surface area is 120 Å². The second-order valence-corrected chi connectivity index (χ2v) is 5.36. The number of rotatable bonds is 5. The molecule has 5 nitrogen and oxygen atoms in total. The molecule has 0 aromatic rings. The van der Waals surface area contributed by atoms with Crippen LogP contribution in [0.1, 0.15) is 32.1 Å². The number of β-amino-alcohol motifs (C(OH)–C–C–N with tert-alkyl or cyclic N) is 1. The Morgan fingerprint density at radius 1 is 1.26 bits per heavy atom. The highest BCUT2D eigenvalue weighted by atomic mass is 35.5. The molecule has 2 atom stereocenters. The predicted octanol–water partition coefficient (Wildman–Crippen LogP) is 0.454. The fourth-order valence-electron chi connectivity index (χ4n) is 2.65. The molecular formula is C13H25ClN2O3. The van der Waals surface area contributed by atoms with Gasteiger partial charge in [0.1, 0.15) is 6.61 Å². The maximum atomic E-state index is 11.6. The average Bonchev–Trinajstić information content (AvgIpc) is 2.81. The molecule has 112 valence electrons. The van der Waals surface area contributed by atoms with E-state index in [4.69, 9.17) is 4.74 Å². The van der Waals surface area contributed by atoms with Crippen molar-refractivity contribution in [2.75, 3.05) is 26.2 Å². The van der Waals surface area contributed by atoms with E-state index >= 15 is 0 Å². The second-order valence-electron chi connectivity index (χ2n) is 5.36. The van der Waals surface area contributed by atoms with Gasteiger partial charge in [-0.2, -0.15) is 0 Å². The van der Waals surface area contributed by atoms with Gasteiger partial charge < -0.3 is 20.5 Å². The van der Waals surface area contributed by atoms with Gasteiger partial charge in [0.2, 0.25) is 5.91 Å². The number of aliphatic hydroxyl groups excluding tert-OH is 1. The Hall–Kier alpha value is -0.360. The van der Waals surface area contributed by atoms with Crippen LogP contribution in [0.15, 0.2) is 0 Å². The maximum Gasteiger partial charge on any atom is 0.246 e. The van der Waals surface area contributed by atoms with Crippen molar-refractivity contribution in [3.05, 3.63) is 0 Å². The largest absolute Gasteiger partial charge is 0.391 e. The monoisotopic (exact) mass is 292 g/mol. The average molecular weight is 293 g/mol. The lowest BCUT2D eigenvalue weighted by atomic mass is 9.98. The summed E-state index contributed by atoms with van der Waals surface area (Å²) < 4.78 is 5.60. The lowest BCUT2D eigenvalue weighted by Gasteiger charge is -2.22. The highest BCUT2D eigenvalue weighted by molar-refractivity contribution is 5.85. The third kappa shape index (κ3) is 5.65. The zero-order valence-corrected chi connectivity index (χ0v) is 12.1. The van der Waals surface area contributed by atoms with Gasteiger partial charge in [-0.3, -0.25) is 4.79 Å². The first-order valence-electron chi connectivity index (χ1n) is 7.03. The van der Waals surface area contributed by atoms with Gasteiger partial charge >= 0.3 is 0 Å². The van der Waals surface area contributed by atoms with Gasteiger partial charge in [0.15, 0.2) is 0 Å². The molecule has 1 saturated carbocycles. The standard InChI is InChI=1S/C13H24N2O3.ClH/c16-12-8-14-6-10(12)7-15-13(17)9-18-11-4-2-1-3-5-11;/h10-12,14,16H,1-9H2,(H,15,17);1H.